The molecule has 2 amide bonds. The van der Waals surface area contributed by atoms with Crippen molar-refractivity contribution in [1.82, 2.24) is 0 Å². The predicted molar refractivity (Wildman–Crippen MR) is 131 cm³/mol. The Morgan fingerprint density at radius 1 is 0.750 bits per heavy atom. The van der Waals surface area contributed by atoms with E-state index in [0.717, 1.165) is 39.9 Å². The largest absolute Gasteiger partial charge is 0.350 e. The highest BCUT2D eigenvalue weighted by Gasteiger charge is 2.40. The van der Waals surface area contributed by atoms with Crippen molar-refractivity contribution >= 4 is 28.8 Å². The van der Waals surface area contributed by atoms with Gasteiger partial charge in [0.15, 0.2) is 0 Å². The van der Waals surface area contributed by atoms with Crippen LogP contribution in [0.2, 0.25) is 0 Å². The summed E-state index contributed by atoms with van der Waals surface area (Å²) in [6.45, 7) is 10.0. The van der Waals surface area contributed by atoms with Gasteiger partial charge in [0.1, 0.15) is 5.70 Å². The molecule has 0 saturated carbocycles. The van der Waals surface area contributed by atoms with Crippen LogP contribution in [0.3, 0.4) is 0 Å². The van der Waals surface area contributed by atoms with E-state index in [9.17, 15) is 9.59 Å². The molecule has 1 heterocycles. The van der Waals surface area contributed by atoms with Crippen LogP contribution in [0.1, 0.15) is 40.3 Å². The number of carbonyl (C=O) groups excluding carboxylic acids is 2. The highest BCUT2D eigenvalue weighted by atomic mass is 16.2. The Balaban J connectivity index is 1.85. The average Bonchev–Trinajstić information content (AvgIpc) is 2.97. The van der Waals surface area contributed by atoms with Gasteiger partial charge >= 0.3 is 0 Å². The number of rotatable bonds is 5. The third kappa shape index (κ3) is 3.96. The summed E-state index contributed by atoms with van der Waals surface area (Å²) in [5.41, 5.74) is 8.16. The van der Waals surface area contributed by atoms with E-state index in [-0.39, 0.29) is 11.8 Å². The molecule has 0 spiro atoms. The lowest BCUT2D eigenvalue weighted by Crippen LogP contribution is -2.32. The molecule has 0 radical (unpaired) electrons. The smallest absolute Gasteiger partial charge is 0.282 e. The first-order chi connectivity index (χ1) is 15.3. The number of amides is 2. The monoisotopic (exact) mass is 424 g/mol. The molecule has 4 nitrogen and oxygen atoms in total. The van der Waals surface area contributed by atoms with Gasteiger partial charge in [-0.05, 0) is 86.2 Å². The van der Waals surface area contributed by atoms with E-state index in [1.807, 2.05) is 88.4 Å². The van der Waals surface area contributed by atoms with Crippen LogP contribution in [0, 0.1) is 27.7 Å². The van der Waals surface area contributed by atoms with E-state index in [0.29, 0.717) is 17.0 Å². The molecule has 0 atom stereocenters. The Hall–Kier alpha value is -3.66. The van der Waals surface area contributed by atoms with E-state index >= 15 is 0 Å². The van der Waals surface area contributed by atoms with E-state index in [1.54, 1.807) is 0 Å². The van der Waals surface area contributed by atoms with Crippen molar-refractivity contribution in [2.24, 2.45) is 0 Å². The van der Waals surface area contributed by atoms with Crippen LogP contribution >= 0.6 is 0 Å². The van der Waals surface area contributed by atoms with E-state index < -0.39 is 0 Å². The minimum Gasteiger partial charge on any atom is -0.350 e. The second-order valence-electron chi connectivity index (χ2n) is 8.54. The summed E-state index contributed by atoms with van der Waals surface area (Å²) in [5.74, 6) is -0.644. The Labute approximate surface area is 189 Å². The molecule has 32 heavy (non-hydrogen) atoms. The third-order valence-corrected chi connectivity index (χ3v) is 5.83. The normalized spacial score (nSPS) is 13.8. The number of hydrogen-bond donors (Lipinski definition) is 1. The summed E-state index contributed by atoms with van der Waals surface area (Å²) in [4.78, 5) is 28.6. The summed E-state index contributed by atoms with van der Waals surface area (Å²) < 4.78 is 0. The molecule has 1 aliphatic rings. The maximum Gasteiger partial charge on any atom is 0.282 e. The molecule has 3 aromatic rings. The van der Waals surface area contributed by atoms with Gasteiger partial charge < -0.3 is 5.32 Å². The highest BCUT2D eigenvalue weighted by molar-refractivity contribution is 6.46. The van der Waals surface area contributed by atoms with Crippen LogP contribution < -0.4 is 10.2 Å². The van der Waals surface area contributed by atoms with Crippen molar-refractivity contribution in [3.63, 3.8) is 0 Å². The number of anilines is 2. The quantitative estimate of drug-likeness (QED) is 0.521. The van der Waals surface area contributed by atoms with Crippen molar-refractivity contribution in [2.75, 3.05) is 10.2 Å². The van der Waals surface area contributed by atoms with Crippen LogP contribution in [0.4, 0.5) is 11.4 Å². The fourth-order valence-corrected chi connectivity index (χ4v) is 4.27. The molecule has 0 bridgehead atoms. The molecule has 4 heteroatoms. The molecular weight excluding hydrogens is 396 g/mol. The van der Waals surface area contributed by atoms with Gasteiger partial charge in [-0.3, -0.25) is 9.59 Å². The Bertz CT molecular complexity index is 1230. The second kappa shape index (κ2) is 8.46. The van der Waals surface area contributed by atoms with Gasteiger partial charge in [-0.15, -0.1) is 0 Å². The molecule has 0 aromatic heterocycles. The third-order valence-electron chi connectivity index (χ3n) is 5.83. The molecule has 4 rings (SSSR count). The molecule has 1 N–H and O–H groups in total. The number of carbonyl (C=O) groups is 2. The Morgan fingerprint density at radius 3 is 2.00 bits per heavy atom. The zero-order chi connectivity index (χ0) is 23.0. The first-order valence-electron chi connectivity index (χ1n) is 10.9. The number of imide groups is 1. The van der Waals surface area contributed by atoms with Gasteiger partial charge in [0.25, 0.3) is 11.8 Å². The minimum atomic E-state index is -0.338. The zero-order valence-electron chi connectivity index (χ0n) is 19.2. The summed E-state index contributed by atoms with van der Waals surface area (Å²) in [6.07, 6.45) is 0.939. The molecule has 0 fully saturated rings. The van der Waals surface area contributed by atoms with E-state index in [2.05, 4.69) is 12.2 Å². The Kier molecular flexibility index (Phi) is 5.70. The maximum atomic E-state index is 13.7. The second-order valence-corrected chi connectivity index (χ2v) is 8.54. The molecular formula is C28H28N2O2. The summed E-state index contributed by atoms with van der Waals surface area (Å²) in [6, 6.07) is 19.7. The molecule has 3 aromatic carbocycles. The van der Waals surface area contributed by atoms with Crippen LogP contribution in [0.25, 0.3) is 5.57 Å². The minimum absolute atomic E-state index is 0.306. The number of nitrogens with one attached hydrogen (secondary N) is 1. The fraction of sp³-hybridized carbons (Fsp3) is 0.214. The van der Waals surface area contributed by atoms with Crippen LogP contribution in [0.15, 0.2) is 66.4 Å². The number of nitrogens with zero attached hydrogens (tertiary/aromatic N) is 1. The molecule has 0 saturated heterocycles. The number of aryl methyl sites for hydroxylation is 5. The zero-order valence-corrected chi connectivity index (χ0v) is 19.2. The van der Waals surface area contributed by atoms with Crippen LogP contribution in [-0.4, -0.2) is 11.8 Å². The summed E-state index contributed by atoms with van der Waals surface area (Å²) in [7, 11) is 0. The molecule has 162 valence electrons. The van der Waals surface area contributed by atoms with Crippen molar-refractivity contribution in [2.45, 2.75) is 41.0 Å². The lowest BCUT2D eigenvalue weighted by atomic mass is 9.97. The predicted octanol–water partition coefficient (Wildman–Crippen LogP) is 5.88. The molecule has 0 unspecified atom stereocenters. The van der Waals surface area contributed by atoms with Gasteiger partial charge in [0, 0.05) is 5.69 Å². The van der Waals surface area contributed by atoms with Gasteiger partial charge in [0.05, 0.1) is 11.3 Å². The molecule has 1 aliphatic heterocycles. The fourth-order valence-electron chi connectivity index (χ4n) is 4.27. The number of hydrogen-bond acceptors (Lipinski definition) is 3. The first-order valence-corrected chi connectivity index (χ1v) is 10.9. The van der Waals surface area contributed by atoms with E-state index in [1.165, 1.54) is 10.5 Å². The topological polar surface area (TPSA) is 49.4 Å². The van der Waals surface area contributed by atoms with Gasteiger partial charge in [-0.2, -0.15) is 0 Å². The molecule has 0 aliphatic carbocycles. The van der Waals surface area contributed by atoms with E-state index in [4.69, 9.17) is 0 Å². The van der Waals surface area contributed by atoms with Gasteiger partial charge in [-0.25, -0.2) is 4.90 Å². The van der Waals surface area contributed by atoms with Gasteiger partial charge in [-0.1, -0.05) is 48.9 Å². The SMILES string of the molecule is CCc1ccc(NC2=C(c3ccc(C)cc3C)C(=O)N(c3cc(C)cc(C)c3)C2=O)cc1. The van der Waals surface area contributed by atoms with Crippen LogP contribution in [-0.2, 0) is 16.0 Å². The van der Waals surface area contributed by atoms with Crippen molar-refractivity contribution in [1.29, 1.82) is 0 Å². The lowest BCUT2D eigenvalue weighted by Gasteiger charge is -2.17. The highest BCUT2D eigenvalue weighted by Crippen LogP contribution is 2.36. The van der Waals surface area contributed by atoms with Crippen molar-refractivity contribution in [3.8, 4) is 0 Å². The van der Waals surface area contributed by atoms with Crippen LogP contribution in [0.5, 0.6) is 0 Å². The first kappa shape index (κ1) is 21.6. The van der Waals surface area contributed by atoms with Crippen molar-refractivity contribution in [3.05, 3.63) is 99.7 Å². The van der Waals surface area contributed by atoms with Gasteiger partial charge in [0.2, 0.25) is 0 Å². The number of benzene rings is 3. The summed E-state index contributed by atoms with van der Waals surface area (Å²) >= 11 is 0. The van der Waals surface area contributed by atoms with Crippen molar-refractivity contribution < 1.29 is 9.59 Å². The summed E-state index contributed by atoms with van der Waals surface area (Å²) in [5, 5.41) is 3.26. The average molecular weight is 425 g/mol. The standard InChI is InChI=1S/C28H28N2O2/c1-6-21-8-10-22(11-9-21)29-26-25(24-12-7-17(2)14-20(24)5)27(31)30(28(26)32)23-15-18(3)13-19(4)16-23/h7-16,29H,6H2,1-5H3. The maximum absolute atomic E-state index is 13.7. The lowest BCUT2D eigenvalue weighted by molar-refractivity contribution is -0.120. The Morgan fingerprint density at radius 2 is 1.41 bits per heavy atom.